The Bertz CT molecular complexity index is 474. The van der Waals surface area contributed by atoms with Crippen LogP contribution < -0.4 is 0 Å². The summed E-state index contributed by atoms with van der Waals surface area (Å²) in [4.78, 5) is 8.61. The van der Waals surface area contributed by atoms with Gasteiger partial charge in [0.25, 0.3) is 0 Å². The minimum atomic E-state index is 0.992. The van der Waals surface area contributed by atoms with E-state index in [2.05, 4.69) is 45.5 Å². The van der Waals surface area contributed by atoms with Crippen LogP contribution in [0.3, 0.4) is 0 Å². The van der Waals surface area contributed by atoms with Crippen molar-refractivity contribution in [2.24, 2.45) is 0 Å². The number of hydrogen-bond donors (Lipinski definition) is 0. The molecule has 15 heavy (non-hydrogen) atoms. The molecule has 2 heterocycles. The SMILES string of the molecule is Cc1ccnc(Sc2ncccc2I)c1. The normalized spacial score (nSPS) is 10.3. The van der Waals surface area contributed by atoms with Gasteiger partial charge in [0.05, 0.1) is 0 Å². The van der Waals surface area contributed by atoms with Gasteiger partial charge in [-0.25, -0.2) is 9.97 Å². The Morgan fingerprint density at radius 1 is 1.20 bits per heavy atom. The van der Waals surface area contributed by atoms with Crippen LogP contribution in [0.1, 0.15) is 5.56 Å². The first kappa shape index (κ1) is 10.9. The molecule has 4 heteroatoms. The largest absolute Gasteiger partial charge is 0.250 e. The molecule has 0 aliphatic heterocycles. The first-order chi connectivity index (χ1) is 7.25. The summed E-state index contributed by atoms with van der Waals surface area (Å²) in [6, 6.07) is 8.05. The molecular weight excluding hydrogens is 319 g/mol. The summed E-state index contributed by atoms with van der Waals surface area (Å²) < 4.78 is 1.16. The van der Waals surface area contributed by atoms with E-state index in [9.17, 15) is 0 Å². The Hall–Kier alpha value is -0.620. The maximum atomic E-state index is 4.32. The van der Waals surface area contributed by atoms with Crippen molar-refractivity contribution in [3.63, 3.8) is 0 Å². The molecule has 0 N–H and O–H groups in total. The Morgan fingerprint density at radius 2 is 2.07 bits per heavy atom. The number of rotatable bonds is 2. The number of halogens is 1. The molecule has 0 unspecified atom stereocenters. The van der Waals surface area contributed by atoms with Crippen molar-refractivity contribution in [3.05, 3.63) is 45.8 Å². The Labute approximate surface area is 107 Å². The Kier molecular flexibility index (Phi) is 3.58. The predicted octanol–water partition coefficient (Wildman–Crippen LogP) is 3.54. The molecule has 0 fully saturated rings. The quantitative estimate of drug-likeness (QED) is 0.789. The van der Waals surface area contributed by atoms with Crippen LogP contribution in [0.4, 0.5) is 0 Å². The van der Waals surface area contributed by atoms with Gasteiger partial charge in [-0.1, -0.05) is 0 Å². The molecule has 0 aromatic carbocycles. The highest BCUT2D eigenvalue weighted by atomic mass is 127. The lowest BCUT2D eigenvalue weighted by Gasteiger charge is -2.02. The fraction of sp³-hybridized carbons (Fsp3) is 0.0909. The van der Waals surface area contributed by atoms with Gasteiger partial charge in [0.15, 0.2) is 0 Å². The molecule has 0 atom stereocenters. The molecular formula is C11H9IN2S. The molecule has 0 bridgehead atoms. The van der Waals surface area contributed by atoms with Gasteiger partial charge in [-0.15, -0.1) is 0 Å². The third-order valence-electron chi connectivity index (χ3n) is 1.82. The van der Waals surface area contributed by atoms with E-state index in [1.54, 1.807) is 18.0 Å². The summed E-state index contributed by atoms with van der Waals surface area (Å²) in [5.74, 6) is 0. The van der Waals surface area contributed by atoms with Gasteiger partial charge in [-0.05, 0) is 71.1 Å². The minimum absolute atomic E-state index is 0.992. The summed E-state index contributed by atoms with van der Waals surface area (Å²) in [6.07, 6.45) is 3.63. The fourth-order valence-electron chi connectivity index (χ4n) is 1.11. The summed E-state index contributed by atoms with van der Waals surface area (Å²) in [5, 5.41) is 2.00. The van der Waals surface area contributed by atoms with Gasteiger partial charge in [-0.2, -0.15) is 0 Å². The highest BCUT2D eigenvalue weighted by Gasteiger charge is 2.03. The van der Waals surface area contributed by atoms with Crippen molar-refractivity contribution < 1.29 is 0 Å². The van der Waals surface area contributed by atoms with E-state index in [-0.39, 0.29) is 0 Å². The van der Waals surface area contributed by atoms with Gasteiger partial charge in [0, 0.05) is 16.0 Å². The molecule has 2 nitrogen and oxygen atoms in total. The molecule has 0 aliphatic rings. The number of aryl methyl sites for hydroxylation is 1. The fourth-order valence-corrected chi connectivity index (χ4v) is 2.62. The second-order valence-electron chi connectivity index (χ2n) is 3.06. The van der Waals surface area contributed by atoms with Crippen LogP contribution in [0.15, 0.2) is 46.7 Å². The molecule has 2 aromatic rings. The van der Waals surface area contributed by atoms with Crippen LogP contribution >= 0.6 is 34.4 Å². The van der Waals surface area contributed by atoms with E-state index in [1.807, 2.05) is 24.4 Å². The second kappa shape index (κ2) is 4.94. The van der Waals surface area contributed by atoms with Crippen LogP contribution in [-0.4, -0.2) is 9.97 Å². The Morgan fingerprint density at radius 3 is 2.80 bits per heavy atom. The van der Waals surface area contributed by atoms with Gasteiger partial charge in [0.2, 0.25) is 0 Å². The lowest BCUT2D eigenvalue weighted by atomic mass is 10.3. The number of pyridine rings is 2. The van der Waals surface area contributed by atoms with E-state index < -0.39 is 0 Å². The maximum Gasteiger partial charge on any atom is 0.116 e. The van der Waals surface area contributed by atoms with Gasteiger partial charge >= 0.3 is 0 Å². The van der Waals surface area contributed by atoms with Crippen molar-refractivity contribution in [2.75, 3.05) is 0 Å². The smallest absolute Gasteiger partial charge is 0.116 e. The van der Waals surface area contributed by atoms with Crippen LogP contribution in [0.5, 0.6) is 0 Å². The van der Waals surface area contributed by atoms with Crippen molar-refractivity contribution in [1.29, 1.82) is 0 Å². The van der Waals surface area contributed by atoms with Crippen molar-refractivity contribution in [3.8, 4) is 0 Å². The van der Waals surface area contributed by atoms with Crippen molar-refractivity contribution in [2.45, 2.75) is 17.0 Å². The zero-order valence-electron chi connectivity index (χ0n) is 8.14. The molecule has 0 amide bonds. The van der Waals surface area contributed by atoms with Crippen LogP contribution in [0.25, 0.3) is 0 Å². The van der Waals surface area contributed by atoms with E-state index >= 15 is 0 Å². The van der Waals surface area contributed by atoms with Crippen LogP contribution in [-0.2, 0) is 0 Å². The van der Waals surface area contributed by atoms with E-state index in [1.165, 1.54) is 5.56 Å². The van der Waals surface area contributed by atoms with Gasteiger partial charge in [0.1, 0.15) is 10.1 Å². The van der Waals surface area contributed by atoms with Crippen LogP contribution in [0.2, 0.25) is 0 Å². The van der Waals surface area contributed by atoms with E-state index in [0.717, 1.165) is 13.6 Å². The zero-order chi connectivity index (χ0) is 10.7. The maximum absolute atomic E-state index is 4.32. The topological polar surface area (TPSA) is 25.8 Å². The number of aromatic nitrogens is 2. The summed E-state index contributed by atoms with van der Waals surface area (Å²) in [5.41, 5.74) is 1.22. The molecule has 0 radical (unpaired) electrons. The molecule has 0 spiro atoms. The summed E-state index contributed by atoms with van der Waals surface area (Å²) >= 11 is 3.88. The third kappa shape index (κ3) is 2.92. The van der Waals surface area contributed by atoms with Gasteiger partial charge < -0.3 is 0 Å². The lowest BCUT2D eigenvalue weighted by molar-refractivity contribution is 1.07. The first-order valence-electron chi connectivity index (χ1n) is 4.47. The molecule has 0 saturated carbocycles. The summed E-state index contributed by atoms with van der Waals surface area (Å²) in [7, 11) is 0. The molecule has 2 aromatic heterocycles. The first-order valence-corrected chi connectivity index (χ1v) is 6.36. The predicted molar refractivity (Wildman–Crippen MR) is 70.1 cm³/mol. The summed E-state index contributed by atoms with van der Waals surface area (Å²) in [6.45, 7) is 2.06. The molecule has 0 aliphatic carbocycles. The van der Waals surface area contributed by atoms with Crippen molar-refractivity contribution >= 4 is 34.4 Å². The minimum Gasteiger partial charge on any atom is -0.250 e. The number of nitrogens with zero attached hydrogens (tertiary/aromatic N) is 2. The average Bonchev–Trinajstić information content (AvgIpc) is 2.22. The lowest BCUT2D eigenvalue weighted by Crippen LogP contribution is -1.86. The van der Waals surface area contributed by atoms with Crippen molar-refractivity contribution in [1.82, 2.24) is 9.97 Å². The van der Waals surface area contributed by atoms with E-state index in [4.69, 9.17) is 0 Å². The highest BCUT2D eigenvalue weighted by Crippen LogP contribution is 2.27. The monoisotopic (exact) mass is 328 g/mol. The highest BCUT2D eigenvalue weighted by molar-refractivity contribution is 14.1. The standard InChI is InChI=1S/C11H9IN2S/c1-8-4-6-13-10(7-8)15-11-9(12)3-2-5-14-11/h2-7H,1H3. The molecule has 2 rings (SSSR count). The third-order valence-corrected chi connectivity index (χ3v) is 4.00. The zero-order valence-corrected chi connectivity index (χ0v) is 11.1. The Balaban J connectivity index is 2.26. The van der Waals surface area contributed by atoms with Crippen LogP contribution in [0, 0.1) is 10.5 Å². The second-order valence-corrected chi connectivity index (χ2v) is 5.24. The van der Waals surface area contributed by atoms with E-state index in [0.29, 0.717) is 0 Å². The average molecular weight is 328 g/mol. The molecule has 0 saturated heterocycles. The number of hydrogen-bond acceptors (Lipinski definition) is 3. The molecule has 76 valence electrons. The van der Waals surface area contributed by atoms with Gasteiger partial charge in [-0.3, -0.25) is 0 Å².